The van der Waals surface area contributed by atoms with E-state index >= 15 is 0 Å². The Morgan fingerprint density at radius 1 is 1.30 bits per heavy atom. The normalized spacial score (nSPS) is 18.0. The minimum Gasteiger partial charge on any atom is -0.359 e. The molecule has 1 saturated carbocycles. The number of hydrogen-bond acceptors (Lipinski definition) is 4. The van der Waals surface area contributed by atoms with Crippen LogP contribution in [0.4, 0.5) is 5.13 Å². The topological polar surface area (TPSA) is 54.0 Å². The summed E-state index contributed by atoms with van der Waals surface area (Å²) < 4.78 is 0. The molecule has 1 aromatic heterocycles. The number of nitrogens with one attached hydrogen (secondary N) is 2. The standard InChI is InChI=1S/C15H25N3OS/c1-10(2)11(3)16-14(19)13-9-20-15(18-13)17-12-7-5-4-6-8-12/h9-12H,4-8H2,1-3H3,(H,16,19)(H,17,18). The Hall–Kier alpha value is -1.10. The van der Waals surface area contributed by atoms with E-state index in [2.05, 4.69) is 29.5 Å². The van der Waals surface area contributed by atoms with E-state index in [0.717, 1.165) is 5.13 Å². The first kappa shape index (κ1) is 15.3. The summed E-state index contributed by atoms with van der Waals surface area (Å²) >= 11 is 1.52. The summed E-state index contributed by atoms with van der Waals surface area (Å²) in [6.45, 7) is 6.22. The van der Waals surface area contributed by atoms with E-state index in [9.17, 15) is 4.79 Å². The molecule has 1 aliphatic carbocycles. The van der Waals surface area contributed by atoms with Crippen molar-refractivity contribution in [3.05, 3.63) is 11.1 Å². The highest BCUT2D eigenvalue weighted by molar-refractivity contribution is 7.13. The van der Waals surface area contributed by atoms with Crippen molar-refractivity contribution in [3.63, 3.8) is 0 Å². The predicted octanol–water partition coefficient (Wildman–Crippen LogP) is 3.66. The van der Waals surface area contributed by atoms with Crippen LogP contribution in [-0.2, 0) is 0 Å². The molecule has 1 unspecified atom stereocenters. The summed E-state index contributed by atoms with van der Waals surface area (Å²) in [5.41, 5.74) is 0.529. The quantitative estimate of drug-likeness (QED) is 0.871. The molecule has 1 aliphatic rings. The number of aromatic nitrogens is 1. The largest absolute Gasteiger partial charge is 0.359 e. The molecule has 112 valence electrons. The zero-order valence-electron chi connectivity index (χ0n) is 12.6. The molecule has 0 radical (unpaired) electrons. The predicted molar refractivity (Wildman–Crippen MR) is 84.4 cm³/mol. The first-order chi connectivity index (χ1) is 9.56. The van der Waals surface area contributed by atoms with E-state index in [-0.39, 0.29) is 11.9 Å². The molecule has 0 bridgehead atoms. The summed E-state index contributed by atoms with van der Waals surface area (Å²) in [6, 6.07) is 0.694. The van der Waals surface area contributed by atoms with Crippen LogP contribution in [-0.4, -0.2) is 23.0 Å². The van der Waals surface area contributed by atoms with Crippen LogP contribution in [0.5, 0.6) is 0 Å². The van der Waals surface area contributed by atoms with Crippen molar-refractivity contribution in [3.8, 4) is 0 Å². The van der Waals surface area contributed by atoms with Gasteiger partial charge >= 0.3 is 0 Å². The fourth-order valence-corrected chi connectivity index (χ4v) is 3.08. The zero-order chi connectivity index (χ0) is 14.5. The van der Waals surface area contributed by atoms with Gasteiger partial charge in [-0.05, 0) is 25.7 Å². The van der Waals surface area contributed by atoms with Crippen LogP contribution >= 0.6 is 11.3 Å². The number of amides is 1. The lowest BCUT2D eigenvalue weighted by molar-refractivity contribution is 0.0926. The number of carbonyl (C=O) groups excluding carboxylic acids is 1. The Balaban J connectivity index is 1.89. The lowest BCUT2D eigenvalue weighted by atomic mass is 9.96. The Morgan fingerprint density at radius 3 is 2.65 bits per heavy atom. The molecule has 0 aliphatic heterocycles. The average molecular weight is 295 g/mol. The monoisotopic (exact) mass is 295 g/mol. The van der Waals surface area contributed by atoms with Crippen molar-refractivity contribution in [1.29, 1.82) is 0 Å². The third kappa shape index (κ3) is 4.20. The van der Waals surface area contributed by atoms with Crippen molar-refractivity contribution < 1.29 is 4.79 Å². The molecule has 1 fully saturated rings. The van der Waals surface area contributed by atoms with Crippen LogP contribution in [0.3, 0.4) is 0 Å². The fraction of sp³-hybridized carbons (Fsp3) is 0.733. The highest BCUT2D eigenvalue weighted by Crippen LogP contribution is 2.23. The van der Waals surface area contributed by atoms with Crippen molar-refractivity contribution in [2.45, 2.75) is 65.0 Å². The molecule has 4 nitrogen and oxygen atoms in total. The van der Waals surface area contributed by atoms with Crippen LogP contribution in [0, 0.1) is 5.92 Å². The molecule has 0 spiro atoms. The minimum absolute atomic E-state index is 0.0702. The molecular weight excluding hydrogens is 270 g/mol. The summed E-state index contributed by atoms with van der Waals surface area (Å²) in [6.07, 6.45) is 6.36. The molecular formula is C15H25N3OS. The summed E-state index contributed by atoms with van der Waals surface area (Å²) in [7, 11) is 0. The first-order valence-corrected chi connectivity index (χ1v) is 8.47. The van der Waals surface area contributed by atoms with E-state index in [4.69, 9.17) is 0 Å². The number of anilines is 1. The Kier molecular flexibility index (Phi) is 5.40. The van der Waals surface area contributed by atoms with Crippen LogP contribution in [0.25, 0.3) is 0 Å². The van der Waals surface area contributed by atoms with Gasteiger partial charge in [-0.25, -0.2) is 4.98 Å². The second-order valence-electron chi connectivity index (χ2n) is 6.02. The molecule has 2 rings (SSSR count). The second kappa shape index (κ2) is 7.07. The van der Waals surface area contributed by atoms with Gasteiger partial charge in [-0.15, -0.1) is 11.3 Å². The van der Waals surface area contributed by atoms with E-state index in [0.29, 0.717) is 17.7 Å². The van der Waals surface area contributed by atoms with E-state index in [1.807, 2.05) is 12.3 Å². The maximum Gasteiger partial charge on any atom is 0.271 e. The summed E-state index contributed by atoms with van der Waals surface area (Å²) in [5.74, 6) is 0.358. The lowest BCUT2D eigenvalue weighted by Crippen LogP contribution is -2.36. The molecule has 5 heteroatoms. The van der Waals surface area contributed by atoms with Crippen molar-refractivity contribution >= 4 is 22.4 Å². The van der Waals surface area contributed by atoms with Crippen LogP contribution in [0.1, 0.15) is 63.4 Å². The molecule has 20 heavy (non-hydrogen) atoms. The maximum atomic E-state index is 12.1. The van der Waals surface area contributed by atoms with Gasteiger partial charge in [0.05, 0.1) is 0 Å². The van der Waals surface area contributed by atoms with Gasteiger partial charge in [0.1, 0.15) is 5.69 Å². The van der Waals surface area contributed by atoms with Crippen molar-refractivity contribution in [2.24, 2.45) is 5.92 Å². The third-order valence-corrected chi connectivity index (χ3v) is 4.80. The van der Waals surface area contributed by atoms with Gasteiger partial charge in [0.2, 0.25) is 0 Å². The van der Waals surface area contributed by atoms with Crippen molar-refractivity contribution in [2.75, 3.05) is 5.32 Å². The number of nitrogens with zero attached hydrogens (tertiary/aromatic N) is 1. The summed E-state index contributed by atoms with van der Waals surface area (Å²) in [4.78, 5) is 16.5. The van der Waals surface area contributed by atoms with E-state index in [1.54, 1.807) is 0 Å². The molecule has 1 heterocycles. The molecule has 1 atom stereocenters. The van der Waals surface area contributed by atoms with Crippen LogP contribution in [0.15, 0.2) is 5.38 Å². The maximum absolute atomic E-state index is 12.1. The third-order valence-electron chi connectivity index (χ3n) is 4.03. The van der Waals surface area contributed by atoms with Crippen LogP contribution in [0.2, 0.25) is 0 Å². The highest BCUT2D eigenvalue weighted by Gasteiger charge is 2.18. The van der Waals surface area contributed by atoms with Gasteiger partial charge in [-0.2, -0.15) is 0 Å². The van der Waals surface area contributed by atoms with Gasteiger partial charge in [-0.1, -0.05) is 33.1 Å². The Bertz CT molecular complexity index is 438. The average Bonchev–Trinajstić information content (AvgIpc) is 2.88. The van der Waals surface area contributed by atoms with Gasteiger partial charge in [0.25, 0.3) is 5.91 Å². The Labute approximate surface area is 125 Å². The van der Waals surface area contributed by atoms with Gasteiger partial charge < -0.3 is 10.6 Å². The SMILES string of the molecule is CC(C)C(C)NC(=O)c1csc(NC2CCCCC2)n1. The number of thiazole rings is 1. The molecule has 0 aromatic carbocycles. The number of rotatable bonds is 5. The fourth-order valence-electron chi connectivity index (χ4n) is 2.31. The van der Waals surface area contributed by atoms with Gasteiger partial charge in [0, 0.05) is 17.5 Å². The molecule has 0 saturated heterocycles. The first-order valence-electron chi connectivity index (χ1n) is 7.59. The second-order valence-corrected chi connectivity index (χ2v) is 6.88. The zero-order valence-corrected chi connectivity index (χ0v) is 13.4. The Morgan fingerprint density at radius 2 is 2.00 bits per heavy atom. The van der Waals surface area contributed by atoms with Crippen molar-refractivity contribution in [1.82, 2.24) is 10.3 Å². The smallest absolute Gasteiger partial charge is 0.271 e. The summed E-state index contributed by atoms with van der Waals surface area (Å²) in [5, 5.41) is 9.16. The lowest BCUT2D eigenvalue weighted by Gasteiger charge is -2.22. The molecule has 1 amide bonds. The van der Waals surface area contributed by atoms with Gasteiger partial charge in [-0.3, -0.25) is 4.79 Å². The van der Waals surface area contributed by atoms with E-state index < -0.39 is 0 Å². The highest BCUT2D eigenvalue weighted by atomic mass is 32.1. The number of hydrogen-bond donors (Lipinski definition) is 2. The van der Waals surface area contributed by atoms with Gasteiger partial charge in [0.15, 0.2) is 5.13 Å². The number of carbonyl (C=O) groups is 1. The minimum atomic E-state index is -0.0702. The molecule has 1 aromatic rings. The molecule has 2 N–H and O–H groups in total. The van der Waals surface area contributed by atoms with E-state index in [1.165, 1.54) is 43.4 Å². The van der Waals surface area contributed by atoms with Crippen LogP contribution < -0.4 is 10.6 Å².